The summed E-state index contributed by atoms with van der Waals surface area (Å²) in [6.45, 7) is 0. The van der Waals surface area contributed by atoms with Crippen LogP contribution in [0.2, 0.25) is 0 Å². The average Bonchev–Trinajstić information content (AvgIpc) is 1.85. The second-order valence-corrected chi connectivity index (χ2v) is 2.16. The number of carbonyl (C=O) groups is 1. The number of H-pyrrole nitrogens is 1. The Hall–Kier alpha value is -1.30. The normalized spacial score (nSPS) is 9.55. The molecule has 0 amide bonds. The van der Waals surface area contributed by atoms with Gasteiger partial charge in [-0.2, -0.15) is 4.98 Å². The minimum absolute atomic E-state index is 0.265. The summed E-state index contributed by atoms with van der Waals surface area (Å²) in [5, 5.41) is 8.03. The van der Waals surface area contributed by atoms with Crippen LogP contribution in [0.25, 0.3) is 0 Å². The molecule has 0 atom stereocenters. The molecule has 0 aliphatic rings. The van der Waals surface area contributed by atoms with Gasteiger partial charge in [0, 0.05) is 0 Å². The summed E-state index contributed by atoms with van der Waals surface area (Å²) in [5.41, 5.74) is -0.588. The van der Waals surface area contributed by atoms with Crippen molar-refractivity contribution in [2.45, 2.75) is 0 Å². The lowest BCUT2D eigenvalue weighted by Gasteiger charge is -1.92. The monoisotopic (exact) mass is 172 g/mol. The van der Waals surface area contributed by atoms with Crippen LogP contribution in [0.3, 0.4) is 0 Å². The van der Waals surface area contributed by atoms with Gasteiger partial charge in [0.15, 0.2) is 5.82 Å². The van der Waals surface area contributed by atoms with Gasteiger partial charge in [-0.3, -0.25) is 9.59 Å². The fourth-order valence-corrected chi connectivity index (χ4v) is 0.652. The van der Waals surface area contributed by atoms with Gasteiger partial charge in [0.05, 0.1) is 6.07 Å². The SMILES string of the molecule is O=C(S)c1nc(O)cc(=O)[nH]1. The Labute approximate surface area is 66.5 Å². The Kier molecular flexibility index (Phi) is 1.95. The highest BCUT2D eigenvalue weighted by atomic mass is 32.1. The maximum atomic E-state index is 10.6. The van der Waals surface area contributed by atoms with Gasteiger partial charge in [-0.25, -0.2) is 0 Å². The first-order valence-corrected chi connectivity index (χ1v) is 3.08. The van der Waals surface area contributed by atoms with Crippen LogP contribution in [0.5, 0.6) is 5.88 Å². The Morgan fingerprint density at radius 3 is 2.82 bits per heavy atom. The molecule has 5 nitrogen and oxygen atoms in total. The van der Waals surface area contributed by atoms with E-state index in [9.17, 15) is 9.59 Å². The molecule has 2 N–H and O–H groups in total. The zero-order valence-corrected chi connectivity index (χ0v) is 6.13. The smallest absolute Gasteiger partial charge is 0.255 e. The predicted octanol–water partition coefficient (Wildman–Crippen LogP) is -0.455. The van der Waals surface area contributed by atoms with Crippen molar-refractivity contribution in [3.05, 3.63) is 22.2 Å². The zero-order valence-electron chi connectivity index (χ0n) is 5.24. The summed E-state index contributed by atoms with van der Waals surface area (Å²) in [6, 6.07) is 0.861. The minimum Gasteiger partial charge on any atom is -0.493 e. The summed E-state index contributed by atoms with van der Waals surface area (Å²) < 4.78 is 0. The number of nitrogens with zero attached hydrogens (tertiary/aromatic N) is 1. The first-order chi connectivity index (χ1) is 5.09. The molecular formula is C5H4N2O3S. The van der Waals surface area contributed by atoms with E-state index >= 15 is 0 Å². The highest BCUT2D eigenvalue weighted by Crippen LogP contribution is 1.99. The van der Waals surface area contributed by atoms with Crippen LogP contribution in [0.4, 0.5) is 0 Å². The van der Waals surface area contributed by atoms with Crippen molar-refractivity contribution in [2.75, 3.05) is 0 Å². The number of aromatic hydroxyl groups is 1. The van der Waals surface area contributed by atoms with Crippen LogP contribution in [0.15, 0.2) is 10.9 Å². The van der Waals surface area contributed by atoms with Gasteiger partial charge in [0.2, 0.25) is 5.88 Å². The molecule has 1 heterocycles. The van der Waals surface area contributed by atoms with E-state index in [0.717, 1.165) is 6.07 Å². The van der Waals surface area contributed by atoms with E-state index in [2.05, 4.69) is 22.6 Å². The van der Waals surface area contributed by atoms with Gasteiger partial charge in [-0.05, 0) is 0 Å². The van der Waals surface area contributed by atoms with Crippen LogP contribution in [0, 0.1) is 0 Å². The standard InChI is InChI=1S/C5H4N2O3S/c8-2-1-3(9)7-4(6-2)5(10)11/h1H,(H,10,11)(H2,6,7,8,9). The summed E-state index contributed by atoms with van der Waals surface area (Å²) in [7, 11) is 0. The van der Waals surface area contributed by atoms with E-state index < -0.39 is 16.6 Å². The van der Waals surface area contributed by atoms with E-state index in [1.165, 1.54) is 0 Å². The van der Waals surface area contributed by atoms with Crippen LogP contribution >= 0.6 is 12.6 Å². The topological polar surface area (TPSA) is 83.0 Å². The Morgan fingerprint density at radius 2 is 2.36 bits per heavy atom. The lowest BCUT2D eigenvalue weighted by atomic mass is 10.5. The molecule has 0 radical (unpaired) electrons. The van der Waals surface area contributed by atoms with Gasteiger partial charge >= 0.3 is 0 Å². The van der Waals surface area contributed by atoms with E-state index in [1.54, 1.807) is 0 Å². The molecule has 1 aromatic rings. The number of hydrogen-bond acceptors (Lipinski definition) is 4. The molecule has 0 saturated heterocycles. The Bertz CT molecular complexity index is 346. The first kappa shape index (κ1) is 7.80. The van der Waals surface area contributed by atoms with Gasteiger partial charge in [0.1, 0.15) is 0 Å². The molecule has 0 fully saturated rings. The third kappa shape index (κ3) is 1.81. The van der Waals surface area contributed by atoms with Gasteiger partial charge in [-0.1, -0.05) is 12.6 Å². The molecule has 0 spiro atoms. The number of aromatic nitrogens is 2. The van der Waals surface area contributed by atoms with Crippen molar-refractivity contribution < 1.29 is 9.90 Å². The van der Waals surface area contributed by atoms with E-state index in [0.29, 0.717) is 0 Å². The van der Waals surface area contributed by atoms with E-state index in [4.69, 9.17) is 5.11 Å². The number of thiol groups is 1. The second-order valence-electron chi connectivity index (χ2n) is 1.76. The minimum atomic E-state index is -0.696. The van der Waals surface area contributed by atoms with Crippen LogP contribution in [-0.4, -0.2) is 20.2 Å². The molecule has 0 bridgehead atoms. The quantitative estimate of drug-likeness (QED) is 0.501. The number of aromatic amines is 1. The van der Waals surface area contributed by atoms with Crippen molar-refractivity contribution in [3.63, 3.8) is 0 Å². The molecule has 58 valence electrons. The number of rotatable bonds is 1. The molecular weight excluding hydrogens is 168 g/mol. The molecule has 0 aliphatic heterocycles. The van der Waals surface area contributed by atoms with E-state index in [1.807, 2.05) is 0 Å². The molecule has 0 aromatic carbocycles. The molecule has 1 aromatic heterocycles. The number of hydrogen-bond donors (Lipinski definition) is 3. The number of carbonyl (C=O) groups excluding carboxylic acids is 1. The van der Waals surface area contributed by atoms with Crippen LogP contribution in [0.1, 0.15) is 10.6 Å². The average molecular weight is 172 g/mol. The number of nitrogens with one attached hydrogen (secondary N) is 1. The summed E-state index contributed by atoms with van der Waals surface area (Å²) in [5.74, 6) is -0.760. The molecule has 6 heteroatoms. The third-order valence-corrected chi connectivity index (χ3v) is 1.14. The Morgan fingerprint density at radius 1 is 1.73 bits per heavy atom. The summed E-state index contributed by atoms with van der Waals surface area (Å²) in [4.78, 5) is 26.4. The predicted molar refractivity (Wildman–Crippen MR) is 39.8 cm³/mol. The summed E-state index contributed by atoms with van der Waals surface area (Å²) >= 11 is 3.40. The van der Waals surface area contributed by atoms with Crippen molar-refractivity contribution in [2.24, 2.45) is 0 Å². The van der Waals surface area contributed by atoms with Gasteiger partial charge in [-0.15, -0.1) is 0 Å². The molecule has 0 saturated carbocycles. The molecule has 0 unspecified atom stereocenters. The third-order valence-electron chi connectivity index (χ3n) is 0.931. The van der Waals surface area contributed by atoms with Crippen LogP contribution in [-0.2, 0) is 0 Å². The van der Waals surface area contributed by atoms with Gasteiger partial charge < -0.3 is 10.1 Å². The maximum Gasteiger partial charge on any atom is 0.255 e. The molecule has 0 aliphatic carbocycles. The summed E-state index contributed by atoms with van der Waals surface area (Å²) in [6.07, 6.45) is 0. The highest BCUT2D eigenvalue weighted by molar-refractivity contribution is 7.97. The second kappa shape index (κ2) is 2.75. The van der Waals surface area contributed by atoms with E-state index in [-0.39, 0.29) is 5.82 Å². The highest BCUT2D eigenvalue weighted by Gasteiger charge is 2.04. The molecule has 1 rings (SSSR count). The van der Waals surface area contributed by atoms with Crippen molar-refractivity contribution in [1.29, 1.82) is 0 Å². The van der Waals surface area contributed by atoms with Crippen LogP contribution < -0.4 is 5.56 Å². The van der Waals surface area contributed by atoms with Crippen molar-refractivity contribution in [1.82, 2.24) is 9.97 Å². The lowest BCUT2D eigenvalue weighted by molar-refractivity contribution is 0.108. The molecule has 11 heavy (non-hydrogen) atoms. The fraction of sp³-hybridized carbons (Fsp3) is 0. The van der Waals surface area contributed by atoms with Gasteiger partial charge in [0.25, 0.3) is 10.7 Å². The fourth-order valence-electron chi connectivity index (χ4n) is 0.546. The first-order valence-electron chi connectivity index (χ1n) is 2.63. The Balaban J connectivity index is 3.30. The largest absolute Gasteiger partial charge is 0.493 e. The van der Waals surface area contributed by atoms with Crippen molar-refractivity contribution >= 4 is 17.7 Å². The maximum absolute atomic E-state index is 10.6. The lowest BCUT2D eigenvalue weighted by Crippen LogP contribution is -2.11. The van der Waals surface area contributed by atoms with Crippen molar-refractivity contribution in [3.8, 4) is 5.88 Å². The zero-order chi connectivity index (χ0) is 8.43.